The molecule has 5 nitrogen and oxygen atoms in total. The topological polar surface area (TPSA) is 92.4 Å². The number of halogens is 8. The number of carboxylic acid groups (broad SMARTS) is 1. The van der Waals surface area contributed by atoms with Crippen LogP contribution in [0.3, 0.4) is 0 Å². The first-order valence-electron chi connectivity index (χ1n) is 5.77. The van der Waals surface area contributed by atoms with Crippen LogP contribution in [0.5, 0.6) is 0 Å². The molecule has 0 bridgehead atoms. The highest BCUT2D eigenvalue weighted by molar-refractivity contribution is 5.96. The van der Waals surface area contributed by atoms with Crippen LogP contribution in [0.15, 0.2) is 0 Å². The van der Waals surface area contributed by atoms with Crippen molar-refractivity contribution in [2.24, 2.45) is 11.7 Å². The van der Waals surface area contributed by atoms with Crippen molar-refractivity contribution in [3.8, 4) is 0 Å². The molecule has 138 valence electrons. The molecule has 0 radical (unpaired) electrons. The van der Waals surface area contributed by atoms with Crippen LogP contribution >= 0.6 is 0 Å². The monoisotopic (exact) mass is 362 g/mol. The maximum Gasteiger partial charge on any atom is 0.453 e. The lowest BCUT2D eigenvalue weighted by molar-refractivity contribution is -0.283. The van der Waals surface area contributed by atoms with E-state index in [-0.39, 0.29) is 0 Å². The SMILES string of the molecule is CC(C(=O)O)C(=O)NCC(F)(F)F.NCCC(F)(F)C(F)(F)F. The smallest absolute Gasteiger partial charge is 0.453 e. The van der Waals surface area contributed by atoms with E-state index >= 15 is 0 Å². The number of carbonyl (C=O) groups excluding carboxylic acids is 1. The molecule has 1 unspecified atom stereocenters. The van der Waals surface area contributed by atoms with Crippen molar-refractivity contribution in [2.75, 3.05) is 13.1 Å². The minimum absolute atomic E-state index is 0.674. The molecule has 0 spiro atoms. The molecule has 0 aliphatic rings. The second-order valence-electron chi connectivity index (χ2n) is 4.13. The third kappa shape index (κ3) is 10.7. The fourth-order valence-electron chi connectivity index (χ4n) is 0.776. The van der Waals surface area contributed by atoms with E-state index in [1.165, 1.54) is 5.32 Å². The molecule has 0 aromatic carbocycles. The van der Waals surface area contributed by atoms with Crippen molar-refractivity contribution in [1.29, 1.82) is 0 Å². The summed E-state index contributed by atoms with van der Waals surface area (Å²) in [5.41, 5.74) is 4.53. The number of hydrogen-bond acceptors (Lipinski definition) is 3. The minimum Gasteiger partial charge on any atom is -0.481 e. The lowest BCUT2D eigenvalue weighted by Crippen LogP contribution is -2.39. The van der Waals surface area contributed by atoms with Gasteiger partial charge in [0.05, 0.1) is 0 Å². The van der Waals surface area contributed by atoms with Gasteiger partial charge in [-0.05, 0) is 13.5 Å². The van der Waals surface area contributed by atoms with Gasteiger partial charge in [-0.3, -0.25) is 9.59 Å². The second kappa shape index (κ2) is 8.84. The van der Waals surface area contributed by atoms with Crippen molar-refractivity contribution in [3.63, 3.8) is 0 Å². The normalized spacial score (nSPS) is 13.7. The molecule has 0 aromatic heterocycles. The number of nitrogens with one attached hydrogen (secondary N) is 1. The molecular formula is C10H14F8N2O3. The number of amides is 1. The van der Waals surface area contributed by atoms with E-state index in [0.717, 1.165) is 6.92 Å². The quantitative estimate of drug-likeness (QED) is 0.515. The molecule has 0 aliphatic heterocycles. The average molecular weight is 362 g/mol. The molecular weight excluding hydrogens is 348 g/mol. The van der Waals surface area contributed by atoms with Crippen LogP contribution < -0.4 is 11.1 Å². The van der Waals surface area contributed by atoms with Gasteiger partial charge < -0.3 is 16.2 Å². The molecule has 0 rings (SSSR count). The molecule has 0 heterocycles. The van der Waals surface area contributed by atoms with Crippen molar-refractivity contribution < 1.29 is 49.8 Å². The maximum atomic E-state index is 11.7. The van der Waals surface area contributed by atoms with Gasteiger partial charge in [-0.25, -0.2) is 0 Å². The number of hydrogen-bond donors (Lipinski definition) is 3. The summed E-state index contributed by atoms with van der Waals surface area (Å²) < 4.78 is 91.7. The number of nitrogens with two attached hydrogens (primary N) is 1. The third-order valence-corrected chi connectivity index (χ3v) is 2.10. The number of rotatable bonds is 5. The number of alkyl halides is 8. The lowest BCUT2D eigenvalue weighted by Gasteiger charge is -2.17. The lowest BCUT2D eigenvalue weighted by atomic mass is 10.2. The zero-order valence-electron chi connectivity index (χ0n) is 11.6. The van der Waals surface area contributed by atoms with Gasteiger partial charge in [0.25, 0.3) is 0 Å². The summed E-state index contributed by atoms with van der Waals surface area (Å²) in [6.07, 6.45) is -11.3. The van der Waals surface area contributed by atoms with Gasteiger partial charge in [-0.15, -0.1) is 0 Å². The van der Waals surface area contributed by atoms with Crippen LogP contribution in [0.1, 0.15) is 13.3 Å². The molecule has 1 atom stereocenters. The van der Waals surface area contributed by atoms with Crippen molar-refractivity contribution >= 4 is 11.9 Å². The fraction of sp³-hybridized carbons (Fsp3) is 0.800. The summed E-state index contributed by atoms with van der Waals surface area (Å²) in [6.45, 7) is -1.18. The Kier molecular flexibility index (Phi) is 9.07. The van der Waals surface area contributed by atoms with E-state index in [2.05, 4.69) is 5.73 Å². The number of carboxylic acids is 1. The number of aliphatic carboxylic acids is 1. The highest BCUT2D eigenvalue weighted by Gasteiger charge is 2.56. The fourth-order valence-corrected chi connectivity index (χ4v) is 0.776. The van der Waals surface area contributed by atoms with Crippen molar-refractivity contribution in [3.05, 3.63) is 0 Å². The summed E-state index contributed by atoms with van der Waals surface area (Å²) in [5, 5.41) is 9.70. The molecule has 0 fully saturated rings. The first-order valence-corrected chi connectivity index (χ1v) is 5.77. The van der Waals surface area contributed by atoms with E-state index in [9.17, 15) is 44.7 Å². The first-order chi connectivity index (χ1) is 10.0. The van der Waals surface area contributed by atoms with Gasteiger partial charge >= 0.3 is 24.2 Å². The predicted octanol–water partition coefficient (Wildman–Crippen LogP) is 1.92. The Morgan fingerprint density at radius 1 is 1.09 bits per heavy atom. The predicted molar refractivity (Wildman–Crippen MR) is 60.5 cm³/mol. The van der Waals surface area contributed by atoms with Gasteiger partial charge in [0.1, 0.15) is 12.5 Å². The molecule has 0 saturated carbocycles. The average Bonchev–Trinajstić information content (AvgIpc) is 2.33. The summed E-state index contributed by atoms with van der Waals surface area (Å²) >= 11 is 0. The Morgan fingerprint density at radius 3 is 1.74 bits per heavy atom. The molecule has 0 aliphatic carbocycles. The van der Waals surface area contributed by atoms with E-state index in [0.29, 0.717) is 0 Å². The van der Waals surface area contributed by atoms with Crippen LogP contribution in [0, 0.1) is 5.92 Å². The standard InChI is InChI=1S/C6H8F3NO3.C4H6F5N/c1-3(5(12)13)4(11)10-2-6(7,8)9;5-3(6,1-2-10)4(7,8)9/h3H,2H2,1H3,(H,10,11)(H,12,13);1-2,10H2. The first kappa shape index (κ1) is 23.6. The Morgan fingerprint density at radius 2 is 1.52 bits per heavy atom. The van der Waals surface area contributed by atoms with Gasteiger partial charge in [0.15, 0.2) is 0 Å². The molecule has 0 saturated heterocycles. The Labute approximate surface area is 124 Å². The molecule has 13 heteroatoms. The zero-order chi connectivity index (χ0) is 19.1. The summed E-state index contributed by atoms with van der Waals surface area (Å²) in [6, 6.07) is 0. The second-order valence-corrected chi connectivity index (χ2v) is 4.13. The molecule has 0 aromatic rings. The maximum absolute atomic E-state index is 11.7. The van der Waals surface area contributed by atoms with E-state index in [1.807, 2.05) is 0 Å². The van der Waals surface area contributed by atoms with Crippen molar-refractivity contribution in [1.82, 2.24) is 5.32 Å². The van der Waals surface area contributed by atoms with E-state index in [4.69, 9.17) is 5.11 Å². The van der Waals surface area contributed by atoms with Gasteiger partial charge in [-0.1, -0.05) is 0 Å². The minimum atomic E-state index is -5.47. The Hall–Kier alpha value is -1.66. The van der Waals surface area contributed by atoms with E-state index < -0.39 is 55.6 Å². The highest BCUT2D eigenvalue weighted by Crippen LogP contribution is 2.37. The van der Waals surface area contributed by atoms with Gasteiger partial charge in [0.2, 0.25) is 5.91 Å². The number of carbonyl (C=O) groups is 2. The summed E-state index contributed by atoms with van der Waals surface area (Å²) in [5.74, 6) is -8.71. The van der Waals surface area contributed by atoms with Crippen LogP contribution in [0.25, 0.3) is 0 Å². The van der Waals surface area contributed by atoms with Crippen molar-refractivity contribution in [2.45, 2.75) is 31.6 Å². The van der Waals surface area contributed by atoms with Crippen LogP contribution in [0.2, 0.25) is 0 Å². The Balaban J connectivity index is 0. The van der Waals surface area contributed by atoms with Crippen LogP contribution in [0.4, 0.5) is 35.1 Å². The molecule has 4 N–H and O–H groups in total. The Bertz CT molecular complexity index is 395. The highest BCUT2D eigenvalue weighted by atomic mass is 19.4. The van der Waals surface area contributed by atoms with Gasteiger partial charge in [-0.2, -0.15) is 35.1 Å². The zero-order valence-corrected chi connectivity index (χ0v) is 11.6. The third-order valence-electron chi connectivity index (χ3n) is 2.10. The largest absolute Gasteiger partial charge is 0.481 e. The molecule has 23 heavy (non-hydrogen) atoms. The van der Waals surface area contributed by atoms with Gasteiger partial charge in [0, 0.05) is 6.42 Å². The summed E-state index contributed by atoms with van der Waals surface area (Å²) in [4.78, 5) is 20.8. The van der Waals surface area contributed by atoms with Crippen LogP contribution in [-0.2, 0) is 9.59 Å². The summed E-state index contributed by atoms with van der Waals surface area (Å²) in [7, 11) is 0. The van der Waals surface area contributed by atoms with E-state index in [1.54, 1.807) is 0 Å². The molecule has 1 amide bonds. The van der Waals surface area contributed by atoms with Crippen LogP contribution in [-0.4, -0.2) is 48.3 Å².